The Labute approximate surface area is 268 Å². The number of aromatic nitrogens is 1. The molecular formula is C38H37N5O3. The highest BCUT2D eigenvalue weighted by Gasteiger charge is 2.42. The summed E-state index contributed by atoms with van der Waals surface area (Å²) in [7, 11) is 0. The van der Waals surface area contributed by atoms with Crippen molar-refractivity contribution in [1.82, 2.24) is 20.5 Å². The van der Waals surface area contributed by atoms with Crippen LogP contribution in [0.25, 0.3) is 21.9 Å². The van der Waals surface area contributed by atoms with Crippen molar-refractivity contribution >= 4 is 28.5 Å². The highest BCUT2D eigenvalue weighted by Crippen LogP contribution is 2.24. The van der Waals surface area contributed by atoms with Gasteiger partial charge in [0.1, 0.15) is 12.1 Å². The fourth-order valence-corrected chi connectivity index (χ4v) is 6.12. The van der Waals surface area contributed by atoms with Crippen molar-refractivity contribution in [2.45, 2.75) is 43.9 Å². The first-order valence-electron chi connectivity index (χ1n) is 15.6. The minimum absolute atomic E-state index is 0.108. The quantitative estimate of drug-likeness (QED) is 0.205. The molecule has 1 aromatic heterocycles. The highest BCUT2D eigenvalue weighted by molar-refractivity contribution is 5.98. The molecule has 0 bridgehead atoms. The zero-order valence-electron chi connectivity index (χ0n) is 25.5. The zero-order chi connectivity index (χ0) is 31.9. The van der Waals surface area contributed by atoms with Crippen LogP contribution in [-0.2, 0) is 33.8 Å². The molecule has 4 N–H and O–H groups in total. The molecule has 0 saturated carbocycles. The molecule has 2 heterocycles. The number of nitrogens with two attached hydrogens (primary N) is 1. The Hall–Kier alpha value is -5.34. The number of pyridine rings is 1. The zero-order valence-corrected chi connectivity index (χ0v) is 25.5. The summed E-state index contributed by atoms with van der Waals surface area (Å²) in [5.41, 5.74) is 10.7. The van der Waals surface area contributed by atoms with E-state index in [0.29, 0.717) is 12.8 Å². The second-order valence-corrected chi connectivity index (χ2v) is 11.7. The molecule has 8 heteroatoms. The summed E-state index contributed by atoms with van der Waals surface area (Å²) in [5.74, 6) is -0.805. The molecule has 5 aromatic rings. The molecule has 3 amide bonds. The maximum atomic E-state index is 13.9. The number of piperazine rings is 1. The third-order valence-corrected chi connectivity index (χ3v) is 8.51. The van der Waals surface area contributed by atoms with E-state index in [-0.39, 0.29) is 37.2 Å². The number of hydrogen-bond donors (Lipinski definition) is 3. The average Bonchev–Trinajstić information content (AvgIpc) is 3.09. The number of carbonyl (C=O) groups excluding carboxylic acids is 3. The van der Waals surface area contributed by atoms with E-state index in [9.17, 15) is 14.4 Å². The number of rotatable bonds is 11. The van der Waals surface area contributed by atoms with E-state index >= 15 is 0 Å². The molecule has 0 radical (unpaired) electrons. The SMILES string of the molecule is NCCC(=O)N(Cc1cccnc1)C(Cc1ccc(-c2ccccc2)cc1)[C@@H]1NC(=O)[C@H](Cc2ccc3ccccc3c2)NC1=O. The summed E-state index contributed by atoms with van der Waals surface area (Å²) < 4.78 is 0. The van der Waals surface area contributed by atoms with Crippen LogP contribution in [0.15, 0.2) is 122 Å². The van der Waals surface area contributed by atoms with Gasteiger partial charge in [0.05, 0.1) is 6.04 Å². The van der Waals surface area contributed by atoms with Crippen LogP contribution in [0.4, 0.5) is 0 Å². The van der Waals surface area contributed by atoms with Crippen LogP contribution in [0.3, 0.4) is 0 Å². The van der Waals surface area contributed by atoms with Crippen molar-refractivity contribution in [2.75, 3.05) is 6.54 Å². The molecule has 8 nitrogen and oxygen atoms in total. The largest absolute Gasteiger partial charge is 0.342 e. The first-order chi connectivity index (χ1) is 22.5. The molecule has 46 heavy (non-hydrogen) atoms. The molecule has 0 aliphatic carbocycles. The molecule has 1 unspecified atom stereocenters. The van der Waals surface area contributed by atoms with Crippen molar-refractivity contribution in [3.8, 4) is 11.1 Å². The van der Waals surface area contributed by atoms with Crippen LogP contribution in [0.1, 0.15) is 23.1 Å². The standard InChI is InChI=1S/C38H37N5O3/c39-19-18-35(44)43(25-28-7-6-20-40-24-28)34(23-26-12-15-31(16-13-26)29-8-2-1-3-9-29)36-38(46)41-33(37(45)42-36)22-27-14-17-30-10-4-5-11-32(30)21-27/h1-17,20-21,24,33-34,36H,18-19,22-23,25,39H2,(H,41,46)(H,42,45)/t33-,34?,36-/m0/s1. The number of nitrogens with one attached hydrogen (secondary N) is 2. The van der Waals surface area contributed by atoms with Crippen LogP contribution in [0, 0.1) is 0 Å². The number of fused-ring (bicyclic) bond motifs is 1. The van der Waals surface area contributed by atoms with E-state index in [2.05, 4.69) is 27.8 Å². The van der Waals surface area contributed by atoms with Crippen LogP contribution in [0.2, 0.25) is 0 Å². The summed E-state index contributed by atoms with van der Waals surface area (Å²) in [6.07, 6.45) is 4.18. The van der Waals surface area contributed by atoms with Gasteiger partial charge in [0, 0.05) is 38.3 Å². The van der Waals surface area contributed by atoms with Gasteiger partial charge in [-0.3, -0.25) is 19.4 Å². The molecule has 1 saturated heterocycles. The monoisotopic (exact) mass is 611 g/mol. The van der Waals surface area contributed by atoms with Gasteiger partial charge < -0.3 is 21.3 Å². The van der Waals surface area contributed by atoms with Crippen molar-refractivity contribution < 1.29 is 14.4 Å². The third kappa shape index (κ3) is 7.14. The van der Waals surface area contributed by atoms with E-state index in [4.69, 9.17) is 5.73 Å². The predicted octanol–water partition coefficient (Wildman–Crippen LogP) is 4.42. The average molecular weight is 612 g/mol. The number of benzene rings is 4. The number of nitrogens with zero attached hydrogens (tertiary/aromatic N) is 2. The molecule has 3 atom stereocenters. The number of amides is 3. The molecule has 1 aliphatic rings. The van der Waals surface area contributed by atoms with E-state index in [1.165, 1.54) is 0 Å². The molecule has 232 valence electrons. The summed E-state index contributed by atoms with van der Waals surface area (Å²) in [4.78, 5) is 47.0. The summed E-state index contributed by atoms with van der Waals surface area (Å²) in [5, 5.41) is 8.16. The fourth-order valence-electron chi connectivity index (χ4n) is 6.12. The van der Waals surface area contributed by atoms with E-state index in [1.807, 2.05) is 97.1 Å². The van der Waals surface area contributed by atoms with Gasteiger partial charge in [0.15, 0.2) is 0 Å². The Balaban J connectivity index is 1.28. The lowest BCUT2D eigenvalue weighted by Crippen LogP contribution is -2.68. The Morgan fingerprint density at radius 3 is 2.22 bits per heavy atom. The Morgan fingerprint density at radius 1 is 0.761 bits per heavy atom. The minimum atomic E-state index is -0.965. The predicted molar refractivity (Wildman–Crippen MR) is 179 cm³/mol. The lowest BCUT2D eigenvalue weighted by molar-refractivity contribution is -0.142. The van der Waals surface area contributed by atoms with Crippen LogP contribution in [-0.4, -0.2) is 52.3 Å². The van der Waals surface area contributed by atoms with Crippen LogP contribution < -0.4 is 16.4 Å². The van der Waals surface area contributed by atoms with E-state index in [1.54, 1.807) is 17.3 Å². The van der Waals surface area contributed by atoms with Gasteiger partial charge in [-0.1, -0.05) is 103 Å². The Bertz CT molecular complexity index is 1810. The minimum Gasteiger partial charge on any atom is -0.342 e. The van der Waals surface area contributed by atoms with Crippen molar-refractivity contribution in [3.05, 3.63) is 138 Å². The van der Waals surface area contributed by atoms with Crippen molar-refractivity contribution in [2.24, 2.45) is 5.73 Å². The molecule has 6 rings (SSSR count). The second kappa shape index (κ2) is 14.2. The van der Waals surface area contributed by atoms with Gasteiger partial charge >= 0.3 is 0 Å². The molecule has 0 spiro atoms. The number of carbonyl (C=O) groups is 3. The van der Waals surface area contributed by atoms with Gasteiger partial charge in [-0.15, -0.1) is 0 Å². The lowest BCUT2D eigenvalue weighted by atomic mass is 9.92. The summed E-state index contributed by atoms with van der Waals surface area (Å²) in [6, 6.07) is 33.6. The van der Waals surface area contributed by atoms with Crippen molar-refractivity contribution in [1.29, 1.82) is 0 Å². The number of hydrogen-bond acceptors (Lipinski definition) is 5. The topological polar surface area (TPSA) is 117 Å². The van der Waals surface area contributed by atoms with Crippen molar-refractivity contribution in [3.63, 3.8) is 0 Å². The smallest absolute Gasteiger partial charge is 0.245 e. The van der Waals surface area contributed by atoms with Crippen LogP contribution in [0.5, 0.6) is 0 Å². The summed E-state index contributed by atoms with van der Waals surface area (Å²) >= 11 is 0. The van der Waals surface area contributed by atoms with Gasteiger partial charge in [0.2, 0.25) is 17.7 Å². The maximum Gasteiger partial charge on any atom is 0.245 e. The lowest BCUT2D eigenvalue weighted by Gasteiger charge is -2.40. The Morgan fingerprint density at radius 2 is 1.48 bits per heavy atom. The highest BCUT2D eigenvalue weighted by atomic mass is 16.2. The van der Waals surface area contributed by atoms with Crippen LogP contribution >= 0.6 is 0 Å². The van der Waals surface area contributed by atoms with Gasteiger partial charge in [-0.05, 0) is 51.1 Å². The Kier molecular flexibility index (Phi) is 9.45. The van der Waals surface area contributed by atoms with E-state index < -0.39 is 18.1 Å². The summed E-state index contributed by atoms with van der Waals surface area (Å²) in [6.45, 7) is 0.386. The molecule has 4 aromatic carbocycles. The fraction of sp³-hybridized carbons (Fsp3) is 0.211. The second-order valence-electron chi connectivity index (χ2n) is 11.7. The third-order valence-electron chi connectivity index (χ3n) is 8.51. The maximum absolute atomic E-state index is 13.9. The molecular weight excluding hydrogens is 574 g/mol. The molecule has 1 aliphatic heterocycles. The van der Waals surface area contributed by atoms with E-state index in [0.717, 1.165) is 38.6 Å². The van der Waals surface area contributed by atoms with Gasteiger partial charge in [-0.25, -0.2) is 0 Å². The molecule has 1 fully saturated rings. The van der Waals surface area contributed by atoms with Gasteiger partial charge in [-0.2, -0.15) is 0 Å². The first kappa shape index (κ1) is 30.7. The normalized spacial score (nSPS) is 16.8. The van der Waals surface area contributed by atoms with Gasteiger partial charge in [0.25, 0.3) is 0 Å². The first-order valence-corrected chi connectivity index (χ1v) is 15.6.